The fourth-order valence-corrected chi connectivity index (χ4v) is 1.84. The van der Waals surface area contributed by atoms with Crippen LogP contribution < -0.4 is 0 Å². The van der Waals surface area contributed by atoms with E-state index in [1.165, 1.54) is 0 Å². The minimum absolute atomic E-state index is 0.0490. The summed E-state index contributed by atoms with van der Waals surface area (Å²) < 4.78 is 30.2. The van der Waals surface area contributed by atoms with Crippen LogP contribution in [0, 0.1) is 0 Å². The summed E-state index contributed by atoms with van der Waals surface area (Å²) in [6, 6.07) is 0. The van der Waals surface area contributed by atoms with Crippen LogP contribution in [-0.2, 0) is 14.9 Å². The maximum atomic E-state index is 10.7. The zero-order chi connectivity index (χ0) is 11.4. The maximum Gasteiger partial charge on any atom is 0.330 e. The Balaban J connectivity index is 4.24. The molecule has 0 radical (unpaired) electrons. The Bertz CT molecular complexity index is 317. The second kappa shape index (κ2) is 5.11. The summed E-state index contributed by atoms with van der Waals surface area (Å²) >= 11 is 0. The van der Waals surface area contributed by atoms with Gasteiger partial charge in [0, 0.05) is 5.57 Å². The Labute approximate surface area is 83.2 Å². The third kappa shape index (κ3) is 4.38. The van der Waals surface area contributed by atoms with Gasteiger partial charge in [-0.3, -0.25) is 4.55 Å². The van der Waals surface area contributed by atoms with E-state index in [9.17, 15) is 13.2 Å². The van der Waals surface area contributed by atoms with Crippen molar-refractivity contribution in [1.82, 2.24) is 0 Å². The number of carboxylic acids is 1. The van der Waals surface area contributed by atoms with Crippen molar-refractivity contribution in [2.75, 3.05) is 0 Å². The van der Waals surface area contributed by atoms with Crippen molar-refractivity contribution in [2.45, 2.75) is 31.4 Å². The minimum atomic E-state index is -4.07. The number of hydrogen-bond donors (Lipinski definition) is 2. The van der Waals surface area contributed by atoms with E-state index in [1.54, 1.807) is 6.92 Å². The van der Waals surface area contributed by atoms with Crippen LogP contribution in [0.4, 0.5) is 0 Å². The largest absolute Gasteiger partial charge is 0.478 e. The van der Waals surface area contributed by atoms with Gasteiger partial charge in [0.2, 0.25) is 0 Å². The summed E-state index contributed by atoms with van der Waals surface area (Å²) in [7, 11) is -4.07. The van der Waals surface area contributed by atoms with Crippen LogP contribution >= 0.6 is 0 Å². The smallest absolute Gasteiger partial charge is 0.330 e. The molecule has 1 atom stereocenters. The summed E-state index contributed by atoms with van der Waals surface area (Å²) in [6.45, 7) is 4.88. The molecule has 2 N–H and O–H groups in total. The lowest BCUT2D eigenvalue weighted by Gasteiger charge is -2.10. The van der Waals surface area contributed by atoms with Crippen LogP contribution in [0.3, 0.4) is 0 Å². The highest BCUT2D eigenvalue weighted by atomic mass is 32.2. The number of hydrogen-bond acceptors (Lipinski definition) is 3. The highest BCUT2D eigenvalue weighted by Crippen LogP contribution is 2.14. The fraction of sp³-hybridized carbons (Fsp3) is 0.625. The SMILES string of the molecule is C=C(CCC(CC)S(=O)(=O)O)C(=O)O. The van der Waals surface area contributed by atoms with Gasteiger partial charge in [-0.15, -0.1) is 0 Å². The van der Waals surface area contributed by atoms with Gasteiger partial charge in [-0.25, -0.2) is 4.79 Å². The van der Waals surface area contributed by atoms with Crippen molar-refractivity contribution in [3.05, 3.63) is 12.2 Å². The van der Waals surface area contributed by atoms with Gasteiger partial charge in [-0.1, -0.05) is 13.5 Å². The first-order valence-corrected chi connectivity index (χ1v) is 5.66. The fourth-order valence-electron chi connectivity index (χ4n) is 1.01. The summed E-state index contributed by atoms with van der Waals surface area (Å²) in [5.41, 5.74) is -0.0490. The molecule has 0 spiro atoms. The standard InChI is InChI=1S/C8H14O5S/c1-3-7(14(11,12)13)5-4-6(2)8(9)10/h7H,2-5H2,1H3,(H,9,10)(H,11,12,13). The van der Waals surface area contributed by atoms with Crippen molar-refractivity contribution < 1.29 is 22.9 Å². The molecule has 82 valence electrons. The second-order valence-corrected chi connectivity index (χ2v) is 4.69. The van der Waals surface area contributed by atoms with Crippen molar-refractivity contribution in [3.8, 4) is 0 Å². The van der Waals surface area contributed by atoms with Crippen molar-refractivity contribution in [2.24, 2.45) is 0 Å². The van der Waals surface area contributed by atoms with E-state index in [4.69, 9.17) is 9.66 Å². The molecular formula is C8H14O5S. The normalized spacial score (nSPS) is 13.6. The van der Waals surface area contributed by atoms with Gasteiger partial charge in [0.05, 0.1) is 5.25 Å². The lowest BCUT2D eigenvalue weighted by Crippen LogP contribution is -2.20. The summed E-state index contributed by atoms with van der Waals surface area (Å²) in [5, 5.41) is 7.55. The molecule has 0 saturated heterocycles. The zero-order valence-corrected chi connectivity index (χ0v) is 8.75. The van der Waals surface area contributed by atoms with E-state index in [0.717, 1.165) is 0 Å². The molecule has 0 aromatic carbocycles. The molecule has 6 heteroatoms. The predicted octanol–water partition coefficient (Wildman–Crippen LogP) is 1.07. The first-order chi connectivity index (χ1) is 6.29. The Hall–Kier alpha value is -0.880. The molecule has 1 unspecified atom stereocenters. The molecule has 14 heavy (non-hydrogen) atoms. The Morgan fingerprint density at radius 1 is 1.50 bits per heavy atom. The first kappa shape index (κ1) is 13.1. The number of rotatable bonds is 6. The topological polar surface area (TPSA) is 91.7 Å². The summed E-state index contributed by atoms with van der Waals surface area (Å²) in [5.74, 6) is -1.14. The van der Waals surface area contributed by atoms with Crippen molar-refractivity contribution in [1.29, 1.82) is 0 Å². The second-order valence-electron chi connectivity index (χ2n) is 2.99. The molecule has 0 saturated carbocycles. The Morgan fingerprint density at radius 3 is 2.29 bits per heavy atom. The van der Waals surface area contributed by atoms with Crippen molar-refractivity contribution >= 4 is 16.1 Å². The van der Waals surface area contributed by atoms with Gasteiger partial charge in [-0.2, -0.15) is 8.42 Å². The van der Waals surface area contributed by atoms with Gasteiger partial charge in [-0.05, 0) is 19.3 Å². The highest BCUT2D eigenvalue weighted by molar-refractivity contribution is 7.86. The van der Waals surface area contributed by atoms with E-state index in [-0.39, 0.29) is 24.8 Å². The molecule has 0 heterocycles. The van der Waals surface area contributed by atoms with Crippen LogP contribution in [0.25, 0.3) is 0 Å². The van der Waals surface area contributed by atoms with E-state index in [0.29, 0.717) is 0 Å². The Kier molecular flexibility index (Phi) is 4.79. The summed E-state index contributed by atoms with van der Waals surface area (Å²) in [4.78, 5) is 10.3. The maximum absolute atomic E-state index is 10.7. The average Bonchev–Trinajstić information content (AvgIpc) is 2.02. The zero-order valence-electron chi connectivity index (χ0n) is 7.93. The molecule has 0 aliphatic heterocycles. The molecular weight excluding hydrogens is 208 g/mol. The lowest BCUT2D eigenvalue weighted by atomic mass is 10.1. The minimum Gasteiger partial charge on any atom is -0.478 e. The monoisotopic (exact) mass is 222 g/mol. The van der Waals surface area contributed by atoms with Crippen LogP contribution in [0.1, 0.15) is 26.2 Å². The lowest BCUT2D eigenvalue weighted by molar-refractivity contribution is -0.132. The molecule has 0 fully saturated rings. The molecule has 0 aliphatic rings. The third-order valence-electron chi connectivity index (χ3n) is 1.95. The Morgan fingerprint density at radius 2 is 2.00 bits per heavy atom. The molecule has 0 amide bonds. The van der Waals surface area contributed by atoms with Crippen LogP contribution in [-0.4, -0.2) is 29.3 Å². The van der Waals surface area contributed by atoms with Crippen molar-refractivity contribution in [3.63, 3.8) is 0 Å². The first-order valence-electron chi connectivity index (χ1n) is 4.16. The molecule has 5 nitrogen and oxygen atoms in total. The van der Waals surface area contributed by atoms with Crippen LogP contribution in [0.5, 0.6) is 0 Å². The van der Waals surface area contributed by atoms with Gasteiger partial charge >= 0.3 is 5.97 Å². The van der Waals surface area contributed by atoms with Gasteiger partial charge in [0.25, 0.3) is 10.1 Å². The van der Waals surface area contributed by atoms with Crippen LogP contribution in [0.2, 0.25) is 0 Å². The van der Waals surface area contributed by atoms with E-state index < -0.39 is 21.3 Å². The van der Waals surface area contributed by atoms with E-state index in [2.05, 4.69) is 6.58 Å². The predicted molar refractivity (Wildman–Crippen MR) is 51.6 cm³/mol. The van der Waals surface area contributed by atoms with Gasteiger partial charge < -0.3 is 5.11 Å². The molecule has 0 aromatic rings. The number of aliphatic carboxylic acids is 1. The number of carbonyl (C=O) groups is 1. The van der Waals surface area contributed by atoms with E-state index in [1.807, 2.05) is 0 Å². The number of carboxylic acid groups (broad SMARTS) is 1. The summed E-state index contributed by atoms with van der Waals surface area (Å²) in [6.07, 6.45) is 0.403. The van der Waals surface area contributed by atoms with E-state index >= 15 is 0 Å². The highest BCUT2D eigenvalue weighted by Gasteiger charge is 2.21. The molecule has 0 aliphatic carbocycles. The van der Waals surface area contributed by atoms with Gasteiger partial charge in [0.1, 0.15) is 0 Å². The van der Waals surface area contributed by atoms with Gasteiger partial charge in [0.15, 0.2) is 0 Å². The third-order valence-corrected chi connectivity index (χ3v) is 3.36. The molecule has 0 aromatic heterocycles. The molecule has 0 rings (SSSR count). The quantitative estimate of drug-likeness (QED) is 0.518. The van der Waals surface area contributed by atoms with Crippen LogP contribution in [0.15, 0.2) is 12.2 Å². The molecule has 0 bridgehead atoms. The average molecular weight is 222 g/mol.